The summed E-state index contributed by atoms with van der Waals surface area (Å²) in [4.78, 5) is 27.0. The van der Waals surface area contributed by atoms with Gasteiger partial charge >= 0.3 is 0 Å². The van der Waals surface area contributed by atoms with Crippen LogP contribution in [0.3, 0.4) is 0 Å². The first kappa shape index (κ1) is 17.8. The molecule has 1 N–H and O–H groups in total. The Morgan fingerprint density at radius 1 is 1.15 bits per heavy atom. The second kappa shape index (κ2) is 7.45. The highest BCUT2D eigenvalue weighted by Crippen LogP contribution is 2.18. The average Bonchev–Trinajstić information content (AvgIpc) is 2.97. The van der Waals surface area contributed by atoms with Crippen LogP contribution < -0.4 is 19.5 Å². The molecule has 0 saturated carbocycles. The largest absolute Gasteiger partial charge is 0.496 e. The SMILES string of the molecule is COc1ccccc1C(=O)/C=c1\[nH]c(=O)/c(=C\c2ccc(F)c(F)c2)s1. The minimum atomic E-state index is -0.995. The number of rotatable bonds is 4. The zero-order valence-electron chi connectivity index (χ0n) is 13.6. The van der Waals surface area contributed by atoms with E-state index in [1.165, 1.54) is 25.3 Å². The monoisotopic (exact) mass is 373 g/mol. The van der Waals surface area contributed by atoms with E-state index < -0.39 is 17.2 Å². The van der Waals surface area contributed by atoms with Crippen LogP contribution in [0.4, 0.5) is 8.78 Å². The molecule has 1 aromatic heterocycles. The highest BCUT2D eigenvalue weighted by Gasteiger charge is 2.09. The first-order valence-electron chi connectivity index (χ1n) is 7.53. The Labute approximate surface area is 150 Å². The standard InChI is InChI=1S/C19H13F2NO3S/c1-25-16-5-3-2-4-12(16)15(23)10-18-22-19(24)17(26-18)9-11-6-7-13(20)14(21)8-11/h2-10H,1H3,(H,22,24)/b17-9+,18-10+. The van der Waals surface area contributed by atoms with Gasteiger partial charge in [-0.05, 0) is 35.9 Å². The molecule has 3 aromatic rings. The van der Waals surface area contributed by atoms with Crippen LogP contribution >= 0.6 is 11.3 Å². The lowest BCUT2D eigenvalue weighted by Crippen LogP contribution is -2.20. The van der Waals surface area contributed by atoms with E-state index in [2.05, 4.69) is 4.98 Å². The third-order valence-corrected chi connectivity index (χ3v) is 4.52. The summed E-state index contributed by atoms with van der Waals surface area (Å²) in [6, 6.07) is 10.1. The van der Waals surface area contributed by atoms with E-state index in [4.69, 9.17) is 4.74 Å². The summed E-state index contributed by atoms with van der Waals surface area (Å²) >= 11 is 1.04. The number of halogens is 2. The molecule has 0 amide bonds. The summed E-state index contributed by atoms with van der Waals surface area (Å²) in [5.74, 6) is -1.84. The Morgan fingerprint density at radius 2 is 1.92 bits per heavy atom. The fourth-order valence-corrected chi connectivity index (χ4v) is 3.21. The minimum absolute atomic E-state index is 0.273. The van der Waals surface area contributed by atoms with Crippen molar-refractivity contribution in [2.24, 2.45) is 0 Å². The number of thiazole rings is 1. The maximum atomic E-state index is 13.3. The highest BCUT2D eigenvalue weighted by molar-refractivity contribution is 7.07. The molecule has 4 nitrogen and oxygen atoms in total. The van der Waals surface area contributed by atoms with Crippen LogP contribution in [-0.4, -0.2) is 17.9 Å². The molecular formula is C19H13F2NO3S. The number of aromatic amines is 1. The van der Waals surface area contributed by atoms with E-state index in [0.29, 0.717) is 21.5 Å². The van der Waals surface area contributed by atoms with Gasteiger partial charge in [-0.25, -0.2) is 8.78 Å². The molecule has 132 valence electrons. The van der Waals surface area contributed by atoms with Crippen LogP contribution in [0, 0.1) is 11.6 Å². The van der Waals surface area contributed by atoms with Gasteiger partial charge in [0.05, 0.1) is 21.9 Å². The third kappa shape index (κ3) is 3.78. The number of hydrogen-bond acceptors (Lipinski definition) is 4. The van der Waals surface area contributed by atoms with E-state index in [9.17, 15) is 18.4 Å². The molecule has 0 atom stereocenters. The van der Waals surface area contributed by atoms with Gasteiger partial charge in [0.1, 0.15) is 5.75 Å². The zero-order valence-corrected chi connectivity index (χ0v) is 14.4. The van der Waals surface area contributed by atoms with Crippen LogP contribution in [0.25, 0.3) is 12.2 Å². The molecule has 0 fully saturated rings. The molecule has 26 heavy (non-hydrogen) atoms. The summed E-state index contributed by atoms with van der Waals surface area (Å²) in [6.07, 6.45) is 2.73. The lowest BCUT2D eigenvalue weighted by molar-refractivity contribution is 0.105. The lowest BCUT2D eigenvalue weighted by Gasteiger charge is -2.03. The summed E-state index contributed by atoms with van der Waals surface area (Å²) < 4.78 is 32.0. The van der Waals surface area contributed by atoms with Crippen molar-refractivity contribution >= 4 is 29.3 Å². The number of nitrogens with one attached hydrogen (secondary N) is 1. The smallest absolute Gasteiger partial charge is 0.266 e. The first-order valence-corrected chi connectivity index (χ1v) is 8.34. The lowest BCUT2D eigenvalue weighted by atomic mass is 10.1. The summed E-state index contributed by atoms with van der Waals surface area (Å²) in [5.41, 5.74) is 0.299. The number of hydrogen-bond donors (Lipinski definition) is 1. The number of para-hydroxylation sites is 1. The van der Waals surface area contributed by atoms with Crippen molar-refractivity contribution in [1.29, 1.82) is 0 Å². The molecule has 0 spiro atoms. The van der Waals surface area contributed by atoms with Crippen molar-refractivity contribution in [2.45, 2.75) is 0 Å². The maximum Gasteiger partial charge on any atom is 0.266 e. The van der Waals surface area contributed by atoms with E-state index in [1.54, 1.807) is 24.3 Å². The molecule has 0 unspecified atom stereocenters. The molecule has 2 aromatic carbocycles. The maximum absolute atomic E-state index is 13.3. The molecule has 3 rings (SSSR count). The molecule has 0 radical (unpaired) electrons. The molecule has 0 aliphatic heterocycles. The zero-order chi connectivity index (χ0) is 18.7. The molecular weight excluding hydrogens is 360 g/mol. The number of carbonyl (C=O) groups is 1. The Balaban J connectivity index is 2.01. The van der Waals surface area contributed by atoms with Gasteiger partial charge in [0.25, 0.3) is 5.56 Å². The quantitative estimate of drug-likeness (QED) is 0.714. The van der Waals surface area contributed by atoms with Crippen LogP contribution in [-0.2, 0) is 0 Å². The van der Waals surface area contributed by atoms with Crippen LogP contribution in [0.15, 0.2) is 47.3 Å². The van der Waals surface area contributed by atoms with Crippen LogP contribution in [0.1, 0.15) is 15.9 Å². The second-order valence-electron chi connectivity index (χ2n) is 5.31. The van der Waals surface area contributed by atoms with E-state index in [0.717, 1.165) is 23.5 Å². The number of ether oxygens (including phenoxy) is 1. The normalized spacial score (nSPS) is 12.4. The summed E-state index contributed by atoms with van der Waals surface area (Å²) in [7, 11) is 1.47. The minimum Gasteiger partial charge on any atom is -0.496 e. The fourth-order valence-electron chi connectivity index (χ4n) is 2.32. The number of Topliss-reactive ketones (excluding diaryl/α,β-unsaturated/α-hetero) is 1. The van der Waals surface area contributed by atoms with Gasteiger partial charge in [-0.15, -0.1) is 11.3 Å². The Hall–Kier alpha value is -3.06. The molecule has 0 bridgehead atoms. The Kier molecular flexibility index (Phi) is 5.09. The van der Waals surface area contributed by atoms with Gasteiger partial charge in [0.15, 0.2) is 17.4 Å². The van der Waals surface area contributed by atoms with Gasteiger partial charge < -0.3 is 9.72 Å². The molecule has 1 heterocycles. The van der Waals surface area contributed by atoms with Crippen molar-refractivity contribution in [3.63, 3.8) is 0 Å². The fraction of sp³-hybridized carbons (Fsp3) is 0.0526. The molecule has 0 aliphatic rings. The highest BCUT2D eigenvalue weighted by atomic mass is 32.1. The van der Waals surface area contributed by atoms with E-state index in [-0.39, 0.29) is 10.3 Å². The number of carbonyl (C=O) groups excluding carboxylic acids is 1. The van der Waals surface area contributed by atoms with E-state index in [1.807, 2.05) is 0 Å². The van der Waals surface area contributed by atoms with Gasteiger partial charge in [-0.2, -0.15) is 0 Å². The second-order valence-corrected chi connectivity index (χ2v) is 6.40. The van der Waals surface area contributed by atoms with Gasteiger partial charge in [0.2, 0.25) is 0 Å². The predicted octanol–water partition coefficient (Wildman–Crippen LogP) is 2.22. The summed E-state index contributed by atoms with van der Waals surface area (Å²) in [6.45, 7) is 0. The number of H-pyrrole nitrogens is 1. The van der Waals surface area contributed by atoms with Crippen LogP contribution in [0.5, 0.6) is 5.75 Å². The summed E-state index contributed by atoms with van der Waals surface area (Å²) in [5, 5.41) is 0. The number of ketones is 1. The van der Waals surface area contributed by atoms with E-state index >= 15 is 0 Å². The van der Waals surface area contributed by atoms with Crippen LogP contribution in [0.2, 0.25) is 0 Å². The number of methoxy groups -OCH3 is 1. The van der Waals surface area contributed by atoms with Crippen molar-refractivity contribution in [2.75, 3.05) is 7.11 Å². The topological polar surface area (TPSA) is 59.2 Å². The Morgan fingerprint density at radius 3 is 2.65 bits per heavy atom. The number of aromatic nitrogens is 1. The third-order valence-electron chi connectivity index (χ3n) is 3.56. The van der Waals surface area contributed by atoms with Gasteiger partial charge in [0, 0.05) is 6.08 Å². The van der Waals surface area contributed by atoms with Gasteiger partial charge in [-0.1, -0.05) is 18.2 Å². The first-order chi connectivity index (χ1) is 12.5. The number of benzene rings is 2. The average molecular weight is 373 g/mol. The Bertz CT molecular complexity index is 1150. The molecule has 7 heteroatoms. The molecule has 0 aliphatic carbocycles. The molecule has 0 saturated heterocycles. The van der Waals surface area contributed by atoms with Crippen molar-refractivity contribution < 1.29 is 18.3 Å². The van der Waals surface area contributed by atoms with Crippen molar-refractivity contribution in [3.05, 3.63) is 84.8 Å². The van der Waals surface area contributed by atoms with Crippen molar-refractivity contribution in [1.82, 2.24) is 4.98 Å². The van der Waals surface area contributed by atoms with Gasteiger partial charge in [-0.3, -0.25) is 9.59 Å². The predicted molar refractivity (Wildman–Crippen MR) is 95.9 cm³/mol. The van der Waals surface area contributed by atoms with Crippen molar-refractivity contribution in [3.8, 4) is 5.75 Å².